The molecule has 3 nitrogen and oxygen atoms in total. The number of halogens is 1. The number of rotatable bonds is 4. The van der Waals surface area contributed by atoms with Gasteiger partial charge in [-0.05, 0) is 24.6 Å². The fourth-order valence-electron chi connectivity index (χ4n) is 1.98. The van der Waals surface area contributed by atoms with E-state index < -0.39 is 0 Å². The van der Waals surface area contributed by atoms with Crippen molar-refractivity contribution in [2.75, 3.05) is 0 Å². The van der Waals surface area contributed by atoms with Gasteiger partial charge in [-0.25, -0.2) is 4.98 Å². The Morgan fingerprint density at radius 2 is 2.00 bits per heavy atom. The van der Waals surface area contributed by atoms with E-state index in [0.29, 0.717) is 12.2 Å². The van der Waals surface area contributed by atoms with Crippen molar-refractivity contribution in [3.8, 4) is 0 Å². The average Bonchev–Trinajstić information content (AvgIpc) is 2.69. The molecule has 94 valence electrons. The normalized spacial score (nSPS) is 10.6. The average molecular weight is 263 g/mol. The van der Waals surface area contributed by atoms with E-state index in [2.05, 4.69) is 9.55 Å². The molecule has 0 aliphatic carbocycles. The van der Waals surface area contributed by atoms with E-state index in [4.69, 9.17) is 11.6 Å². The summed E-state index contributed by atoms with van der Waals surface area (Å²) < 4.78 is 2.08. The van der Waals surface area contributed by atoms with Crippen molar-refractivity contribution < 1.29 is 4.79 Å². The van der Waals surface area contributed by atoms with Gasteiger partial charge in [-0.1, -0.05) is 30.7 Å². The molecule has 0 atom stereocenters. The molecule has 2 aromatic rings. The lowest BCUT2D eigenvalue weighted by molar-refractivity contribution is 0.111. The first-order chi connectivity index (χ1) is 8.65. The second-order valence-electron chi connectivity index (χ2n) is 4.18. The summed E-state index contributed by atoms with van der Waals surface area (Å²) in [7, 11) is 0. The molecule has 4 heteroatoms. The highest BCUT2D eigenvalue weighted by Crippen LogP contribution is 2.15. The Morgan fingerprint density at radius 3 is 2.56 bits per heavy atom. The molecule has 1 aromatic heterocycles. The third-order valence-electron chi connectivity index (χ3n) is 3.02. The minimum Gasteiger partial charge on any atom is -0.327 e. The summed E-state index contributed by atoms with van der Waals surface area (Å²) in [6.45, 7) is 4.67. The number of carbonyl (C=O) groups excluding carboxylic acids is 1. The summed E-state index contributed by atoms with van der Waals surface area (Å²) in [5.41, 5.74) is 2.59. The van der Waals surface area contributed by atoms with Gasteiger partial charge in [0.25, 0.3) is 0 Å². The fourth-order valence-corrected chi connectivity index (χ4v) is 2.10. The van der Waals surface area contributed by atoms with Gasteiger partial charge in [-0.2, -0.15) is 0 Å². The molecule has 0 radical (unpaired) electrons. The summed E-state index contributed by atoms with van der Waals surface area (Å²) in [4.78, 5) is 15.2. The standard InChI is InChI=1S/C14H15ClN2O/c1-3-14-16-13(9-18)10(2)17(14)8-11-4-6-12(15)7-5-11/h4-7,9H,3,8H2,1-2H3. The van der Waals surface area contributed by atoms with Crippen LogP contribution in [0.2, 0.25) is 5.02 Å². The SMILES string of the molecule is CCc1nc(C=O)c(C)n1Cc1ccc(Cl)cc1. The van der Waals surface area contributed by atoms with Gasteiger partial charge in [0.2, 0.25) is 0 Å². The number of hydrogen-bond donors (Lipinski definition) is 0. The van der Waals surface area contributed by atoms with Crippen LogP contribution < -0.4 is 0 Å². The van der Waals surface area contributed by atoms with Gasteiger partial charge in [0, 0.05) is 23.7 Å². The zero-order valence-corrected chi connectivity index (χ0v) is 11.2. The molecule has 0 aliphatic heterocycles. The summed E-state index contributed by atoms with van der Waals surface area (Å²) >= 11 is 5.87. The molecule has 1 heterocycles. The van der Waals surface area contributed by atoms with Crippen molar-refractivity contribution in [2.24, 2.45) is 0 Å². The van der Waals surface area contributed by atoms with Crippen LogP contribution >= 0.6 is 11.6 Å². The predicted octanol–water partition coefficient (Wildman–Crippen LogP) is 3.27. The van der Waals surface area contributed by atoms with E-state index in [1.807, 2.05) is 38.1 Å². The van der Waals surface area contributed by atoms with Crippen LogP contribution in [0.15, 0.2) is 24.3 Å². The fraction of sp³-hybridized carbons (Fsp3) is 0.286. The first-order valence-corrected chi connectivity index (χ1v) is 6.29. The first-order valence-electron chi connectivity index (χ1n) is 5.91. The summed E-state index contributed by atoms with van der Waals surface area (Å²) in [6, 6.07) is 7.72. The second kappa shape index (κ2) is 5.36. The van der Waals surface area contributed by atoms with Crippen LogP contribution in [0.5, 0.6) is 0 Å². The third kappa shape index (κ3) is 2.46. The van der Waals surface area contributed by atoms with Gasteiger partial charge < -0.3 is 4.57 Å². The molecule has 0 spiro atoms. The Bertz CT molecular complexity index is 558. The Morgan fingerprint density at radius 1 is 1.33 bits per heavy atom. The van der Waals surface area contributed by atoms with Crippen LogP contribution in [0.1, 0.15) is 34.5 Å². The maximum atomic E-state index is 10.9. The quantitative estimate of drug-likeness (QED) is 0.793. The number of benzene rings is 1. The lowest BCUT2D eigenvalue weighted by Crippen LogP contribution is -2.06. The summed E-state index contributed by atoms with van der Waals surface area (Å²) in [6.07, 6.45) is 1.62. The van der Waals surface area contributed by atoms with E-state index in [1.54, 1.807) is 0 Å². The molecular weight excluding hydrogens is 248 g/mol. The lowest BCUT2D eigenvalue weighted by atomic mass is 10.2. The van der Waals surface area contributed by atoms with Gasteiger partial charge in [0.05, 0.1) is 0 Å². The molecule has 0 saturated carbocycles. The molecule has 0 aliphatic rings. The minimum absolute atomic E-state index is 0.529. The van der Waals surface area contributed by atoms with Crippen molar-refractivity contribution in [1.29, 1.82) is 0 Å². The van der Waals surface area contributed by atoms with Crippen LogP contribution in [-0.2, 0) is 13.0 Å². The van der Waals surface area contributed by atoms with Gasteiger partial charge in [0.1, 0.15) is 11.5 Å². The van der Waals surface area contributed by atoms with Crippen LogP contribution in [-0.4, -0.2) is 15.8 Å². The topological polar surface area (TPSA) is 34.9 Å². The molecular formula is C14H15ClN2O. The number of hydrogen-bond acceptors (Lipinski definition) is 2. The number of aromatic nitrogens is 2. The lowest BCUT2D eigenvalue weighted by Gasteiger charge is -2.09. The van der Waals surface area contributed by atoms with Crippen molar-refractivity contribution >= 4 is 17.9 Å². The molecule has 0 unspecified atom stereocenters. The van der Waals surface area contributed by atoms with Crippen LogP contribution in [0.25, 0.3) is 0 Å². The zero-order chi connectivity index (χ0) is 13.1. The number of carbonyl (C=O) groups is 1. The first kappa shape index (κ1) is 12.8. The molecule has 2 rings (SSSR count). The minimum atomic E-state index is 0.529. The van der Waals surface area contributed by atoms with Gasteiger partial charge >= 0.3 is 0 Å². The maximum absolute atomic E-state index is 10.9. The van der Waals surface area contributed by atoms with Gasteiger partial charge in [0.15, 0.2) is 6.29 Å². The smallest absolute Gasteiger partial charge is 0.170 e. The highest BCUT2D eigenvalue weighted by Gasteiger charge is 2.11. The van der Waals surface area contributed by atoms with Crippen LogP contribution in [0.3, 0.4) is 0 Å². The third-order valence-corrected chi connectivity index (χ3v) is 3.27. The number of imidazole rings is 1. The number of nitrogens with zero attached hydrogens (tertiary/aromatic N) is 2. The Kier molecular flexibility index (Phi) is 3.82. The highest BCUT2D eigenvalue weighted by molar-refractivity contribution is 6.30. The summed E-state index contributed by atoms with van der Waals surface area (Å²) in [5.74, 6) is 0.935. The van der Waals surface area contributed by atoms with E-state index in [-0.39, 0.29) is 0 Å². The monoisotopic (exact) mass is 262 g/mol. The van der Waals surface area contributed by atoms with E-state index in [1.165, 1.54) is 0 Å². The van der Waals surface area contributed by atoms with Crippen LogP contribution in [0.4, 0.5) is 0 Å². The Balaban J connectivity index is 2.35. The summed E-state index contributed by atoms with van der Waals surface area (Å²) in [5, 5.41) is 0.727. The van der Waals surface area contributed by atoms with Gasteiger partial charge in [-0.15, -0.1) is 0 Å². The van der Waals surface area contributed by atoms with Crippen molar-refractivity contribution in [2.45, 2.75) is 26.8 Å². The highest BCUT2D eigenvalue weighted by atomic mass is 35.5. The second-order valence-corrected chi connectivity index (χ2v) is 4.62. The molecule has 0 saturated heterocycles. The predicted molar refractivity (Wildman–Crippen MR) is 72.3 cm³/mol. The molecule has 0 N–H and O–H groups in total. The Hall–Kier alpha value is -1.61. The molecule has 0 bridgehead atoms. The number of aldehydes is 1. The van der Waals surface area contributed by atoms with E-state index in [0.717, 1.165) is 34.8 Å². The molecule has 0 fully saturated rings. The maximum Gasteiger partial charge on any atom is 0.170 e. The molecule has 18 heavy (non-hydrogen) atoms. The van der Waals surface area contributed by atoms with Crippen molar-refractivity contribution in [3.05, 3.63) is 52.1 Å². The van der Waals surface area contributed by atoms with E-state index >= 15 is 0 Å². The molecule has 1 aromatic carbocycles. The zero-order valence-electron chi connectivity index (χ0n) is 10.5. The van der Waals surface area contributed by atoms with Crippen molar-refractivity contribution in [1.82, 2.24) is 9.55 Å². The van der Waals surface area contributed by atoms with Crippen LogP contribution in [0, 0.1) is 6.92 Å². The largest absolute Gasteiger partial charge is 0.327 e. The number of aryl methyl sites for hydroxylation is 1. The van der Waals surface area contributed by atoms with Gasteiger partial charge in [-0.3, -0.25) is 4.79 Å². The van der Waals surface area contributed by atoms with Crippen molar-refractivity contribution in [3.63, 3.8) is 0 Å². The van der Waals surface area contributed by atoms with E-state index in [9.17, 15) is 4.79 Å². The Labute approximate surface area is 111 Å². The molecule has 0 amide bonds.